The molecule has 1 heterocycles. The molecule has 0 amide bonds. The molecule has 0 aliphatic carbocycles. The van der Waals surface area contributed by atoms with Gasteiger partial charge in [-0.3, -0.25) is 0 Å². The third-order valence-corrected chi connectivity index (χ3v) is 4.76. The van der Waals surface area contributed by atoms with Crippen molar-refractivity contribution in [1.29, 1.82) is 0 Å². The van der Waals surface area contributed by atoms with E-state index in [1.165, 1.54) is 21.8 Å². The van der Waals surface area contributed by atoms with Crippen molar-refractivity contribution in [2.75, 3.05) is 6.54 Å². The van der Waals surface area contributed by atoms with Crippen molar-refractivity contribution in [3.8, 4) is 0 Å². The molecule has 0 aliphatic rings. The maximum Gasteiger partial charge on any atom is 0.0931 e. The minimum atomic E-state index is 0.128. The molecule has 1 atom stereocenters. The first kappa shape index (κ1) is 16.2. The van der Waals surface area contributed by atoms with Gasteiger partial charge in [0.05, 0.1) is 10.7 Å². The Balaban J connectivity index is 2.06. The molecule has 0 bridgehead atoms. The number of aryl methyl sites for hydroxylation is 1. The average Bonchev–Trinajstić information content (AvgIpc) is 2.89. The van der Waals surface area contributed by atoms with Gasteiger partial charge in [-0.2, -0.15) is 0 Å². The summed E-state index contributed by atoms with van der Waals surface area (Å²) in [5.41, 5.74) is 10.1. The lowest BCUT2D eigenvalue weighted by Crippen LogP contribution is -2.20. The predicted octanol–water partition coefficient (Wildman–Crippen LogP) is 4.11. The Morgan fingerprint density at radius 3 is 2.48 bits per heavy atom. The lowest BCUT2D eigenvalue weighted by Gasteiger charge is -2.16. The number of hydrogen-bond acceptors (Lipinski definition) is 3. The SMILES string of the molecule is Cc1ccccc1CC(CN)Cc1nc(C(C)(C)C)cs1. The van der Waals surface area contributed by atoms with Crippen molar-refractivity contribution in [3.05, 3.63) is 51.5 Å². The number of aromatic nitrogens is 1. The molecule has 2 rings (SSSR count). The van der Waals surface area contributed by atoms with Gasteiger partial charge < -0.3 is 5.73 Å². The summed E-state index contributed by atoms with van der Waals surface area (Å²) >= 11 is 1.77. The maximum absolute atomic E-state index is 5.99. The molecule has 1 unspecified atom stereocenters. The van der Waals surface area contributed by atoms with E-state index in [0.29, 0.717) is 12.5 Å². The summed E-state index contributed by atoms with van der Waals surface area (Å²) in [5, 5.41) is 3.40. The van der Waals surface area contributed by atoms with Crippen LogP contribution in [0.5, 0.6) is 0 Å². The first-order valence-electron chi connectivity index (χ1n) is 7.59. The smallest absolute Gasteiger partial charge is 0.0931 e. The topological polar surface area (TPSA) is 38.9 Å². The van der Waals surface area contributed by atoms with Crippen LogP contribution in [0.2, 0.25) is 0 Å². The van der Waals surface area contributed by atoms with Crippen LogP contribution in [0.25, 0.3) is 0 Å². The monoisotopic (exact) mass is 302 g/mol. The third kappa shape index (κ3) is 4.39. The van der Waals surface area contributed by atoms with Crippen molar-refractivity contribution in [1.82, 2.24) is 4.98 Å². The normalized spacial score (nSPS) is 13.4. The average molecular weight is 302 g/mol. The van der Waals surface area contributed by atoms with Crippen LogP contribution in [0.4, 0.5) is 0 Å². The molecule has 0 saturated heterocycles. The van der Waals surface area contributed by atoms with Gasteiger partial charge in [-0.05, 0) is 36.9 Å². The second kappa shape index (κ2) is 6.71. The molecule has 0 fully saturated rings. The summed E-state index contributed by atoms with van der Waals surface area (Å²) in [4.78, 5) is 4.80. The Morgan fingerprint density at radius 1 is 1.19 bits per heavy atom. The van der Waals surface area contributed by atoms with E-state index >= 15 is 0 Å². The largest absolute Gasteiger partial charge is 0.330 e. The van der Waals surface area contributed by atoms with Crippen molar-refractivity contribution in [2.45, 2.75) is 46.0 Å². The molecule has 2 N–H and O–H groups in total. The third-order valence-electron chi connectivity index (χ3n) is 3.89. The van der Waals surface area contributed by atoms with E-state index in [1.54, 1.807) is 11.3 Å². The summed E-state index contributed by atoms with van der Waals surface area (Å²) in [6, 6.07) is 8.58. The molecule has 114 valence electrons. The zero-order valence-electron chi connectivity index (χ0n) is 13.5. The van der Waals surface area contributed by atoms with Crippen LogP contribution in [0.1, 0.15) is 42.6 Å². The first-order chi connectivity index (χ1) is 9.90. The van der Waals surface area contributed by atoms with Crippen molar-refractivity contribution in [2.24, 2.45) is 11.7 Å². The van der Waals surface area contributed by atoms with Gasteiger partial charge in [-0.15, -0.1) is 11.3 Å². The van der Waals surface area contributed by atoms with Gasteiger partial charge >= 0.3 is 0 Å². The van der Waals surface area contributed by atoms with Crippen molar-refractivity contribution < 1.29 is 0 Å². The fourth-order valence-electron chi connectivity index (χ4n) is 2.39. The van der Waals surface area contributed by atoms with Crippen molar-refractivity contribution >= 4 is 11.3 Å². The highest BCUT2D eigenvalue weighted by Crippen LogP contribution is 2.26. The van der Waals surface area contributed by atoms with E-state index in [9.17, 15) is 0 Å². The number of nitrogens with zero attached hydrogens (tertiary/aromatic N) is 1. The van der Waals surface area contributed by atoms with Gasteiger partial charge in [0.2, 0.25) is 0 Å². The summed E-state index contributed by atoms with van der Waals surface area (Å²) < 4.78 is 0. The van der Waals surface area contributed by atoms with Gasteiger partial charge in [-0.1, -0.05) is 45.0 Å². The van der Waals surface area contributed by atoms with Crippen LogP contribution >= 0.6 is 11.3 Å². The van der Waals surface area contributed by atoms with Gasteiger partial charge in [0.25, 0.3) is 0 Å². The van der Waals surface area contributed by atoms with E-state index in [-0.39, 0.29) is 5.41 Å². The van der Waals surface area contributed by atoms with Crippen LogP contribution in [-0.4, -0.2) is 11.5 Å². The fourth-order valence-corrected chi connectivity index (χ4v) is 3.52. The molecule has 0 spiro atoms. The molecule has 1 aromatic heterocycles. The van der Waals surface area contributed by atoms with Gasteiger partial charge in [0.15, 0.2) is 0 Å². The van der Waals surface area contributed by atoms with Crippen LogP contribution < -0.4 is 5.73 Å². The lowest BCUT2D eigenvalue weighted by atomic mass is 9.92. The first-order valence-corrected chi connectivity index (χ1v) is 8.47. The molecule has 21 heavy (non-hydrogen) atoms. The molecule has 3 heteroatoms. The number of benzene rings is 1. The van der Waals surface area contributed by atoms with Crippen LogP contribution in [0.15, 0.2) is 29.6 Å². The number of hydrogen-bond donors (Lipinski definition) is 1. The molecule has 1 aromatic carbocycles. The molecular weight excluding hydrogens is 276 g/mol. The van der Waals surface area contributed by atoms with E-state index < -0.39 is 0 Å². The molecule has 2 nitrogen and oxygen atoms in total. The zero-order valence-corrected chi connectivity index (χ0v) is 14.3. The summed E-state index contributed by atoms with van der Waals surface area (Å²) in [6.45, 7) is 9.50. The second-order valence-corrected chi connectivity index (χ2v) is 7.76. The second-order valence-electron chi connectivity index (χ2n) is 6.81. The highest BCUT2D eigenvalue weighted by Gasteiger charge is 2.19. The summed E-state index contributed by atoms with van der Waals surface area (Å²) in [6.07, 6.45) is 2.01. The fraction of sp³-hybridized carbons (Fsp3) is 0.500. The van der Waals surface area contributed by atoms with Gasteiger partial charge in [0.1, 0.15) is 0 Å². The summed E-state index contributed by atoms with van der Waals surface area (Å²) in [7, 11) is 0. The summed E-state index contributed by atoms with van der Waals surface area (Å²) in [5.74, 6) is 0.463. The van der Waals surface area contributed by atoms with E-state index in [0.717, 1.165) is 12.8 Å². The van der Waals surface area contributed by atoms with E-state index in [2.05, 4.69) is 57.3 Å². The van der Waals surface area contributed by atoms with Gasteiger partial charge in [0, 0.05) is 17.2 Å². The standard InChI is InChI=1S/C18H26N2S/c1-13-7-5-6-8-15(13)9-14(11-19)10-17-20-16(12-21-17)18(2,3)4/h5-8,12,14H,9-11,19H2,1-4H3. The number of nitrogens with two attached hydrogens (primary N) is 1. The Morgan fingerprint density at radius 2 is 1.90 bits per heavy atom. The van der Waals surface area contributed by atoms with Crippen LogP contribution in [-0.2, 0) is 18.3 Å². The molecule has 0 aliphatic heterocycles. The highest BCUT2D eigenvalue weighted by atomic mass is 32.1. The van der Waals surface area contributed by atoms with Gasteiger partial charge in [-0.25, -0.2) is 4.98 Å². The lowest BCUT2D eigenvalue weighted by molar-refractivity contribution is 0.524. The zero-order chi connectivity index (χ0) is 15.5. The Hall–Kier alpha value is -1.19. The Labute approximate surface area is 132 Å². The number of thiazole rings is 1. The minimum Gasteiger partial charge on any atom is -0.330 e. The minimum absolute atomic E-state index is 0.128. The molecule has 2 aromatic rings. The van der Waals surface area contributed by atoms with Crippen molar-refractivity contribution in [3.63, 3.8) is 0 Å². The number of rotatable bonds is 5. The van der Waals surface area contributed by atoms with E-state index in [1.807, 2.05) is 0 Å². The molecular formula is C18H26N2S. The molecule has 0 saturated carbocycles. The van der Waals surface area contributed by atoms with Crippen LogP contribution in [0, 0.1) is 12.8 Å². The van der Waals surface area contributed by atoms with E-state index in [4.69, 9.17) is 10.7 Å². The Kier molecular flexibility index (Phi) is 5.17. The maximum atomic E-state index is 5.99. The predicted molar refractivity (Wildman–Crippen MR) is 91.9 cm³/mol. The highest BCUT2D eigenvalue weighted by molar-refractivity contribution is 7.09. The Bertz CT molecular complexity index is 581. The quantitative estimate of drug-likeness (QED) is 0.902. The molecule has 0 radical (unpaired) electrons. The van der Waals surface area contributed by atoms with Crippen LogP contribution in [0.3, 0.4) is 0 Å².